The fourth-order valence-corrected chi connectivity index (χ4v) is 3.48. The van der Waals surface area contributed by atoms with Crippen LogP contribution in [0.15, 0.2) is 23.1 Å². The van der Waals surface area contributed by atoms with Crippen molar-refractivity contribution in [2.45, 2.75) is 11.3 Å². The molecule has 0 saturated heterocycles. The number of rotatable bonds is 7. The molecular weight excluding hydrogens is 307 g/mol. The van der Waals surface area contributed by atoms with Crippen molar-refractivity contribution in [2.75, 3.05) is 18.6 Å². The molecule has 0 spiro atoms. The van der Waals surface area contributed by atoms with E-state index in [1.807, 2.05) is 6.26 Å². The molecule has 0 aliphatic rings. The minimum absolute atomic E-state index is 0.218. The van der Waals surface area contributed by atoms with Crippen LogP contribution in [0.3, 0.4) is 0 Å². The Morgan fingerprint density at radius 2 is 2.21 bits per heavy atom. The average molecular weight is 322 g/mol. The van der Waals surface area contributed by atoms with Gasteiger partial charge in [0.25, 0.3) is 0 Å². The van der Waals surface area contributed by atoms with E-state index in [-0.39, 0.29) is 22.0 Å². The van der Waals surface area contributed by atoms with E-state index in [1.54, 1.807) is 11.8 Å². The molecule has 8 heteroatoms. The van der Waals surface area contributed by atoms with E-state index in [0.717, 1.165) is 11.8 Å². The highest BCUT2D eigenvalue weighted by Gasteiger charge is 2.22. The van der Waals surface area contributed by atoms with Crippen molar-refractivity contribution in [1.82, 2.24) is 4.72 Å². The monoisotopic (exact) mass is 322 g/mol. The molecule has 19 heavy (non-hydrogen) atoms. The summed E-state index contributed by atoms with van der Waals surface area (Å²) in [5.41, 5.74) is 5.14. The third-order valence-electron chi connectivity index (χ3n) is 2.33. The van der Waals surface area contributed by atoms with Crippen LogP contribution in [0.2, 0.25) is 0 Å². The Bertz CT molecular complexity index is 561. The number of hydrogen-bond acceptors (Lipinski definition) is 4. The second-order valence-corrected chi connectivity index (χ2v) is 6.88. The number of halogens is 1. The molecule has 0 unspecified atom stereocenters. The number of thiocarbonyl (C=S) groups is 1. The molecule has 4 nitrogen and oxygen atoms in total. The lowest BCUT2D eigenvalue weighted by molar-refractivity contribution is 0.576. The Kier molecular flexibility index (Phi) is 6.18. The molecule has 0 atom stereocenters. The first-order valence-electron chi connectivity index (χ1n) is 5.47. The minimum Gasteiger partial charge on any atom is -0.389 e. The molecule has 0 radical (unpaired) electrons. The van der Waals surface area contributed by atoms with Gasteiger partial charge in [0.05, 0.1) is 10.5 Å². The van der Waals surface area contributed by atoms with Crippen LogP contribution in [0, 0.1) is 5.82 Å². The molecule has 0 heterocycles. The average Bonchev–Trinajstić information content (AvgIpc) is 2.34. The topological polar surface area (TPSA) is 72.2 Å². The zero-order chi connectivity index (χ0) is 14.5. The molecule has 1 aromatic carbocycles. The van der Waals surface area contributed by atoms with Gasteiger partial charge in [-0.15, -0.1) is 0 Å². The molecule has 3 N–H and O–H groups in total. The van der Waals surface area contributed by atoms with E-state index in [2.05, 4.69) is 4.72 Å². The van der Waals surface area contributed by atoms with E-state index in [9.17, 15) is 12.8 Å². The SMILES string of the molecule is CSCCCNS(=O)(=O)c1cccc(F)c1C(N)=S. The van der Waals surface area contributed by atoms with Gasteiger partial charge in [-0.1, -0.05) is 18.3 Å². The van der Waals surface area contributed by atoms with Crippen molar-refractivity contribution in [3.05, 3.63) is 29.6 Å². The zero-order valence-corrected chi connectivity index (χ0v) is 12.8. The van der Waals surface area contributed by atoms with Gasteiger partial charge in [-0.25, -0.2) is 17.5 Å². The van der Waals surface area contributed by atoms with Gasteiger partial charge in [0.15, 0.2) is 0 Å². The lowest BCUT2D eigenvalue weighted by Gasteiger charge is -2.11. The molecule has 0 saturated carbocycles. The Morgan fingerprint density at radius 1 is 1.53 bits per heavy atom. The number of sulfonamides is 1. The summed E-state index contributed by atoms with van der Waals surface area (Å²) in [6, 6.07) is 3.73. The smallest absolute Gasteiger partial charge is 0.241 e. The molecule has 106 valence electrons. The van der Waals surface area contributed by atoms with Crippen LogP contribution >= 0.6 is 24.0 Å². The first kappa shape index (κ1) is 16.4. The molecule has 0 bridgehead atoms. The van der Waals surface area contributed by atoms with Gasteiger partial charge in [-0.3, -0.25) is 0 Å². The maximum absolute atomic E-state index is 13.6. The van der Waals surface area contributed by atoms with Gasteiger partial charge < -0.3 is 5.73 Å². The van der Waals surface area contributed by atoms with Crippen LogP contribution in [0.1, 0.15) is 12.0 Å². The Hall–Kier alpha value is -0.700. The van der Waals surface area contributed by atoms with E-state index in [1.165, 1.54) is 12.1 Å². The summed E-state index contributed by atoms with van der Waals surface area (Å²) >= 11 is 6.33. The summed E-state index contributed by atoms with van der Waals surface area (Å²) in [5.74, 6) is 0.105. The standard InChI is InChI=1S/C11H15FN2O2S3/c1-18-7-3-6-14-19(15,16)9-5-2-4-8(12)10(9)11(13)17/h2,4-5,14H,3,6-7H2,1H3,(H2,13,17). The Labute approximate surface area is 122 Å². The number of benzene rings is 1. The Morgan fingerprint density at radius 3 is 2.79 bits per heavy atom. The van der Waals surface area contributed by atoms with E-state index >= 15 is 0 Å². The summed E-state index contributed by atoms with van der Waals surface area (Å²) < 4.78 is 40.2. The normalized spacial score (nSPS) is 11.5. The van der Waals surface area contributed by atoms with Crippen LogP contribution in [0.5, 0.6) is 0 Å². The zero-order valence-electron chi connectivity index (χ0n) is 10.3. The summed E-state index contributed by atoms with van der Waals surface area (Å²) in [4.78, 5) is -0.494. The fraction of sp³-hybridized carbons (Fsp3) is 0.364. The van der Waals surface area contributed by atoms with Crippen LogP contribution in [-0.4, -0.2) is 32.0 Å². The quantitative estimate of drug-likeness (QED) is 0.588. The van der Waals surface area contributed by atoms with Crippen molar-refractivity contribution in [3.63, 3.8) is 0 Å². The fourth-order valence-electron chi connectivity index (χ4n) is 1.47. The highest BCUT2D eigenvalue weighted by molar-refractivity contribution is 7.98. The van der Waals surface area contributed by atoms with E-state index in [4.69, 9.17) is 18.0 Å². The highest BCUT2D eigenvalue weighted by atomic mass is 32.2. The summed E-state index contributed by atoms with van der Waals surface area (Å²) in [5, 5.41) is 0. The van der Waals surface area contributed by atoms with Crippen molar-refractivity contribution >= 4 is 39.0 Å². The van der Waals surface area contributed by atoms with E-state index < -0.39 is 15.8 Å². The van der Waals surface area contributed by atoms with Crippen molar-refractivity contribution in [3.8, 4) is 0 Å². The number of nitrogens with one attached hydrogen (secondary N) is 1. The minimum atomic E-state index is -3.81. The second-order valence-electron chi connectivity index (χ2n) is 3.72. The lowest BCUT2D eigenvalue weighted by atomic mass is 10.2. The number of nitrogens with two attached hydrogens (primary N) is 1. The molecule has 0 aromatic heterocycles. The lowest BCUT2D eigenvalue weighted by Crippen LogP contribution is -2.28. The van der Waals surface area contributed by atoms with Gasteiger partial charge in [-0.05, 0) is 30.6 Å². The number of thioether (sulfide) groups is 1. The highest BCUT2D eigenvalue weighted by Crippen LogP contribution is 2.18. The first-order valence-corrected chi connectivity index (χ1v) is 8.75. The predicted molar refractivity (Wildman–Crippen MR) is 80.5 cm³/mol. The van der Waals surface area contributed by atoms with Crippen molar-refractivity contribution in [2.24, 2.45) is 5.73 Å². The molecule has 0 amide bonds. The van der Waals surface area contributed by atoms with Gasteiger partial charge in [0, 0.05) is 6.54 Å². The molecule has 1 aromatic rings. The molecule has 0 aliphatic carbocycles. The van der Waals surface area contributed by atoms with Gasteiger partial charge in [-0.2, -0.15) is 11.8 Å². The maximum Gasteiger partial charge on any atom is 0.241 e. The third-order valence-corrected chi connectivity index (χ3v) is 4.73. The molecule has 1 rings (SSSR count). The van der Waals surface area contributed by atoms with Crippen LogP contribution < -0.4 is 10.5 Å². The maximum atomic E-state index is 13.6. The van der Waals surface area contributed by atoms with Crippen LogP contribution in [0.4, 0.5) is 4.39 Å². The molecular formula is C11H15FN2O2S3. The van der Waals surface area contributed by atoms with Crippen LogP contribution in [0.25, 0.3) is 0 Å². The van der Waals surface area contributed by atoms with Crippen LogP contribution in [-0.2, 0) is 10.0 Å². The van der Waals surface area contributed by atoms with Gasteiger partial charge in [0.2, 0.25) is 10.0 Å². The van der Waals surface area contributed by atoms with E-state index in [0.29, 0.717) is 6.42 Å². The van der Waals surface area contributed by atoms with Crippen molar-refractivity contribution < 1.29 is 12.8 Å². The largest absolute Gasteiger partial charge is 0.389 e. The molecule has 0 aliphatic heterocycles. The Balaban J connectivity index is 3.01. The second kappa shape index (κ2) is 7.18. The summed E-state index contributed by atoms with van der Waals surface area (Å²) in [6.45, 7) is 0.288. The van der Waals surface area contributed by atoms with Gasteiger partial charge >= 0.3 is 0 Å². The molecule has 0 fully saturated rings. The predicted octanol–water partition coefficient (Wildman–Crippen LogP) is 1.49. The number of hydrogen-bond donors (Lipinski definition) is 2. The summed E-state index contributed by atoms with van der Waals surface area (Å²) in [6.07, 6.45) is 2.63. The summed E-state index contributed by atoms with van der Waals surface area (Å²) in [7, 11) is -3.81. The van der Waals surface area contributed by atoms with Crippen molar-refractivity contribution in [1.29, 1.82) is 0 Å². The third kappa shape index (κ3) is 4.41. The first-order chi connectivity index (χ1) is 8.90. The van der Waals surface area contributed by atoms with Gasteiger partial charge in [0.1, 0.15) is 10.8 Å².